The molecule has 0 saturated heterocycles. The number of methoxy groups -OCH3 is 1. The molecule has 5 nitrogen and oxygen atoms in total. The van der Waals surface area contributed by atoms with Gasteiger partial charge in [-0.1, -0.05) is 20.8 Å². The quantitative estimate of drug-likeness (QED) is 0.510. The summed E-state index contributed by atoms with van der Waals surface area (Å²) in [5, 5.41) is 15.2. The van der Waals surface area contributed by atoms with Crippen LogP contribution in [0.1, 0.15) is 85.0 Å². The number of rotatable bonds is 7. The van der Waals surface area contributed by atoms with E-state index in [0.717, 1.165) is 19.4 Å². The van der Waals surface area contributed by atoms with E-state index in [-0.39, 0.29) is 12.1 Å². The number of hydrogen-bond acceptors (Lipinski definition) is 5. The summed E-state index contributed by atoms with van der Waals surface area (Å²) < 4.78 is 4.89. The fourth-order valence-electron chi connectivity index (χ4n) is 9.32. The van der Waals surface area contributed by atoms with Gasteiger partial charge >= 0.3 is 5.97 Å². The molecule has 5 unspecified atom stereocenters. The van der Waals surface area contributed by atoms with Crippen LogP contribution in [0.2, 0.25) is 0 Å². The lowest BCUT2D eigenvalue weighted by molar-refractivity contribution is -0.167. The Hall–Kier alpha value is -0.650. The van der Waals surface area contributed by atoms with Crippen molar-refractivity contribution in [1.82, 2.24) is 5.32 Å². The number of ether oxygens (including phenoxy) is 1. The summed E-state index contributed by atoms with van der Waals surface area (Å²) in [4.78, 5) is 11.7. The molecule has 0 spiro atoms. The molecule has 0 aromatic rings. The predicted molar refractivity (Wildman–Crippen MR) is 128 cm³/mol. The largest absolute Gasteiger partial charge is 0.469 e. The second-order valence-corrected chi connectivity index (χ2v) is 12.3. The van der Waals surface area contributed by atoms with Gasteiger partial charge < -0.3 is 20.9 Å². The molecule has 0 radical (unpaired) electrons. The Bertz CT molecular complexity index is 671. The second-order valence-electron chi connectivity index (χ2n) is 12.3. The number of nitrogens with two attached hydrogens (primary N) is 1. The van der Waals surface area contributed by atoms with Gasteiger partial charge in [0.25, 0.3) is 0 Å². The van der Waals surface area contributed by atoms with Gasteiger partial charge in [-0.3, -0.25) is 4.79 Å². The van der Waals surface area contributed by atoms with Crippen molar-refractivity contribution < 1.29 is 14.6 Å². The first-order valence-electron chi connectivity index (χ1n) is 13.4. The Morgan fingerprint density at radius 2 is 1.84 bits per heavy atom. The lowest BCUT2D eigenvalue weighted by atomic mass is 9.43. The van der Waals surface area contributed by atoms with Crippen molar-refractivity contribution in [3.8, 4) is 0 Å². The van der Waals surface area contributed by atoms with E-state index in [1.54, 1.807) is 0 Å². The monoisotopic (exact) mass is 448 g/mol. The number of carbonyl (C=O) groups is 1. The zero-order valence-corrected chi connectivity index (χ0v) is 20.9. The molecule has 10 atom stereocenters. The maximum atomic E-state index is 11.7. The Morgan fingerprint density at radius 1 is 1.12 bits per heavy atom. The minimum atomic E-state index is -0.153. The van der Waals surface area contributed by atoms with E-state index >= 15 is 0 Å². The smallest absolute Gasteiger partial charge is 0.305 e. The van der Waals surface area contributed by atoms with Crippen LogP contribution in [0.15, 0.2) is 0 Å². The molecule has 5 heteroatoms. The molecular weight excluding hydrogens is 400 g/mol. The number of hydrogen-bond donors (Lipinski definition) is 3. The van der Waals surface area contributed by atoms with Gasteiger partial charge in [-0.2, -0.15) is 0 Å². The number of nitrogens with one attached hydrogen (secondary N) is 1. The van der Waals surface area contributed by atoms with Crippen LogP contribution in [0.3, 0.4) is 0 Å². The van der Waals surface area contributed by atoms with Crippen LogP contribution in [-0.2, 0) is 9.53 Å². The van der Waals surface area contributed by atoms with Crippen molar-refractivity contribution in [2.24, 2.45) is 52.1 Å². The van der Waals surface area contributed by atoms with E-state index < -0.39 is 0 Å². The highest BCUT2D eigenvalue weighted by Crippen LogP contribution is 2.68. The average molecular weight is 449 g/mol. The molecule has 0 aromatic heterocycles. The van der Waals surface area contributed by atoms with Crippen LogP contribution < -0.4 is 11.1 Å². The lowest BCUT2D eigenvalue weighted by Crippen LogP contribution is -2.59. The molecule has 4 rings (SSSR count). The molecular formula is C27H48N2O3. The Labute approximate surface area is 195 Å². The Balaban J connectivity index is 1.48. The molecule has 4 N–H and O–H groups in total. The first-order chi connectivity index (χ1) is 15.2. The molecule has 4 aliphatic carbocycles. The fourth-order valence-corrected chi connectivity index (χ4v) is 9.32. The van der Waals surface area contributed by atoms with Gasteiger partial charge in [0.2, 0.25) is 0 Å². The minimum Gasteiger partial charge on any atom is -0.469 e. The number of aliphatic hydroxyl groups is 1. The highest BCUT2D eigenvalue weighted by molar-refractivity contribution is 5.69. The summed E-state index contributed by atoms with van der Waals surface area (Å²) >= 11 is 0. The van der Waals surface area contributed by atoms with Crippen LogP contribution in [-0.4, -0.2) is 43.4 Å². The van der Waals surface area contributed by atoms with Gasteiger partial charge in [0.1, 0.15) is 0 Å². The topological polar surface area (TPSA) is 84.6 Å². The van der Waals surface area contributed by atoms with Gasteiger partial charge in [0.05, 0.1) is 13.2 Å². The molecule has 0 heterocycles. The van der Waals surface area contributed by atoms with Crippen molar-refractivity contribution >= 4 is 5.97 Å². The van der Waals surface area contributed by atoms with Gasteiger partial charge in [-0.25, -0.2) is 0 Å². The second kappa shape index (κ2) is 9.54. The molecule has 184 valence electrons. The highest BCUT2D eigenvalue weighted by Gasteiger charge is 2.62. The van der Waals surface area contributed by atoms with E-state index in [4.69, 9.17) is 10.5 Å². The van der Waals surface area contributed by atoms with Crippen LogP contribution in [0, 0.1) is 46.3 Å². The first kappa shape index (κ1) is 24.5. The van der Waals surface area contributed by atoms with Crippen LogP contribution in [0.4, 0.5) is 0 Å². The number of carbonyl (C=O) groups excluding carboxylic acids is 1. The van der Waals surface area contributed by atoms with Crippen molar-refractivity contribution in [3.63, 3.8) is 0 Å². The summed E-state index contributed by atoms with van der Waals surface area (Å²) in [6.45, 7) is 9.03. The van der Waals surface area contributed by atoms with Crippen LogP contribution in [0.25, 0.3) is 0 Å². The summed E-state index contributed by atoms with van der Waals surface area (Å²) in [7, 11) is 1.49. The third kappa shape index (κ3) is 4.15. The number of fused-ring (bicyclic) bond motifs is 5. The Kier molecular flexibility index (Phi) is 7.30. The van der Waals surface area contributed by atoms with Crippen molar-refractivity contribution in [2.45, 2.75) is 97.1 Å². The molecule has 0 aliphatic heterocycles. The summed E-state index contributed by atoms with van der Waals surface area (Å²) in [5.74, 6) is 3.49. The van der Waals surface area contributed by atoms with E-state index in [1.807, 2.05) is 0 Å². The molecule has 4 fully saturated rings. The zero-order valence-electron chi connectivity index (χ0n) is 20.9. The van der Waals surface area contributed by atoms with Crippen LogP contribution >= 0.6 is 0 Å². The van der Waals surface area contributed by atoms with E-state index in [0.29, 0.717) is 65.3 Å². The van der Waals surface area contributed by atoms with E-state index in [1.165, 1.54) is 52.1 Å². The molecule has 0 aromatic carbocycles. The third-order valence-electron chi connectivity index (χ3n) is 11.1. The first-order valence-corrected chi connectivity index (χ1v) is 13.4. The van der Waals surface area contributed by atoms with E-state index in [2.05, 4.69) is 26.1 Å². The van der Waals surface area contributed by atoms with Crippen molar-refractivity contribution in [1.29, 1.82) is 0 Å². The normalized spacial score (nSPS) is 46.6. The molecule has 4 saturated carbocycles. The lowest BCUT2D eigenvalue weighted by Gasteiger charge is -2.62. The third-order valence-corrected chi connectivity index (χ3v) is 11.1. The summed E-state index contributed by atoms with van der Waals surface area (Å²) in [5.41, 5.74) is 6.40. The summed E-state index contributed by atoms with van der Waals surface area (Å²) in [6.07, 6.45) is 11.1. The molecule has 0 amide bonds. The maximum Gasteiger partial charge on any atom is 0.305 e. The van der Waals surface area contributed by atoms with Gasteiger partial charge in [0, 0.05) is 25.6 Å². The van der Waals surface area contributed by atoms with Crippen LogP contribution in [0.5, 0.6) is 0 Å². The number of esters is 1. The highest BCUT2D eigenvalue weighted by atomic mass is 16.5. The predicted octanol–water partition coefficient (Wildman–Crippen LogP) is 4.12. The minimum absolute atomic E-state index is 0.0847. The van der Waals surface area contributed by atoms with E-state index in [9.17, 15) is 9.90 Å². The standard InChI is InChI=1S/C27H48N2O3/c1-17(5-8-24(31)32-4)20-6-7-21-25-22(10-12-27(20,21)3)26(2)11-9-19(29-14-13-28)15-18(26)16-23(25)30/h17-23,25,29-30H,5-16,28H2,1-4H3/t17-,18-,19-,20?,21?,22?,23?,25?,26-,27+/m0/s1. The van der Waals surface area contributed by atoms with Crippen molar-refractivity contribution in [2.75, 3.05) is 20.2 Å². The van der Waals surface area contributed by atoms with Gasteiger partial charge in [-0.15, -0.1) is 0 Å². The Morgan fingerprint density at radius 3 is 2.56 bits per heavy atom. The van der Waals surface area contributed by atoms with Gasteiger partial charge in [0.15, 0.2) is 0 Å². The number of aliphatic hydroxyl groups excluding tert-OH is 1. The maximum absolute atomic E-state index is 11.7. The SMILES string of the molecule is COC(=O)CC[C@H](C)C1CCC2C3C(O)C[C@@H]4C[C@@H](NCCN)CC[C@]4(C)C3CC[C@@]21C. The fraction of sp³-hybridized carbons (Fsp3) is 0.963. The zero-order chi connectivity index (χ0) is 23.1. The summed E-state index contributed by atoms with van der Waals surface area (Å²) in [6, 6.07) is 0.570. The molecule has 0 bridgehead atoms. The molecule has 32 heavy (non-hydrogen) atoms. The molecule has 4 aliphatic rings. The average Bonchev–Trinajstić information content (AvgIpc) is 3.13. The van der Waals surface area contributed by atoms with Crippen molar-refractivity contribution in [3.05, 3.63) is 0 Å². The van der Waals surface area contributed by atoms with Gasteiger partial charge in [-0.05, 0) is 104 Å².